The fourth-order valence-corrected chi connectivity index (χ4v) is 6.47. The first-order valence-electron chi connectivity index (χ1n) is 12.1. The molecule has 0 spiro atoms. The van der Waals surface area contributed by atoms with E-state index in [-0.39, 0.29) is 32.5 Å². The summed E-state index contributed by atoms with van der Waals surface area (Å²) in [4.78, 5) is 28.1. The topological polar surface area (TPSA) is 113 Å². The molecule has 1 aliphatic heterocycles. The largest absolute Gasteiger partial charge is 0.503 e. The third-order valence-corrected chi connectivity index (χ3v) is 8.90. The van der Waals surface area contributed by atoms with Gasteiger partial charge in [0.25, 0.3) is 5.91 Å². The molecule has 2 N–H and O–H groups in total. The number of ether oxygens (including phenoxy) is 1. The highest BCUT2D eigenvalue weighted by molar-refractivity contribution is 9.10. The summed E-state index contributed by atoms with van der Waals surface area (Å²) in [6.07, 6.45) is 2.89. The van der Waals surface area contributed by atoms with Gasteiger partial charge < -0.3 is 14.9 Å². The summed E-state index contributed by atoms with van der Waals surface area (Å²) in [7, 11) is 1.38. The molecule has 1 unspecified atom stereocenters. The molecule has 5 rings (SSSR count). The molecule has 4 aromatic rings. The van der Waals surface area contributed by atoms with E-state index in [9.17, 15) is 24.2 Å². The number of rotatable bonds is 9. The van der Waals surface area contributed by atoms with Gasteiger partial charge in [-0.1, -0.05) is 71.6 Å². The zero-order chi connectivity index (χ0) is 29.1. The van der Waals surface area contributed by atoms with Crippen molar-refractivity contribution in [3.05, 3.63) is 111 Å². The van der Waals surface area contributed by atoms with Crippen molar-refractivity contribution in [1.82, 2.24) is 10.2 Å². The molecule has 1 atom stereocenters. The number of thioether (sulfide) groups is 1. The first kappa shape index (κ1) is 28.5. The predicted octanol–water partition coefficient (Wildman–Crippen LogP) is 6.63. The van der Waals surface area contributed by atoms with E-state index >= 15 is 0 Å². The lowest BCUT2D eigenvalue weighted by molar-refractivity contribution is -0.117. The van der Waals surface area contributed by atoms with Crippen LogP contribution >= 0.6 is 39.0 Å². The number of benzene rings is 3. The third kappa shape index (κ3) is 6.04. The van der Waals surface area contributed by atoms with Gasteiger partial charge in [0.15, 0.2) is 27.4 Å². The molecule has 0 aliphatic carbocycles. The van der Waals surface area contributed by atoms with Crippen LogP contribution in [0.5, 0.6) is 11.5 Å². The molecule has 0 saturated heterocycles. The lowest BCUT2D eigenvalue weighted by atomic mass is 9.95. The second kappa shape index (κ2) is 12.2. The third-order valence-electron chi connectivity index (χ3n) is 6.16. The van der Waals surface area contributed by atoms with Crippen molar-refractivity contribution in [2.45, 2.75) is 16.1 Å². The molecule has 0 saturated carbocycles. The van der Waals surface area contributed by atoms with Crippen LogP contribution in [0.2, 0.25) is 0 Å². The molecule has 1 aliphatic rings. The van der Waals surface area contributed by atoms with Gasteiger partial charge in [0.05, 0.1) is 23.2 Å². The number of anilines is 1. The molecule has 0 fully saturated rings. The summed E-state index contributed by atoms with van der Waals surface area (Å²) in [6, 6.07) is 17.2. The van der Waals surface area contributed by atoms with Crippen molar-refractivity contribution in [1.29, 1.82) is 0 Å². The van der Waals surface area contributed by atoms with Crippen molar-refractivity contribution < 1.29 is 28.9 Å². The van der Waals surface area contributed by atoms with Crippen molar-refractivity contribution in [2.75, 3.05) is 12.0 Å². The van der Waals surface area contributed by atoms with Gasteiger partial charge in [-0.25, -0.2) is 4.39 Å². The van der Waals surface area contributed by atoms with Crippen LogP contribution in [0.4, 0.5) is 9.52 Å². The van der Waals surface area contributed by atoms with Crippen molar-refractivity contribution >= 4 is 61.9 Å². The summed E-state index contributed by atoms with van der Waals surface area (Å²) in [6.45, 7) is 0. The summed E-state index contributed by atoms with van der Waals surface area (Å²) >= 11 is 5.76. The SMILES string of the molecule is COc1cc(C2C(C(=O)/C=C/c3ccccc3)=C(O)C(=O)N2c2nnc(SCc3ccc(F)cc3)s2)cc(Br)c1O. The molecule has 0 bridgehead atoms. The standard InChI is InChI=1S/C29H21BrFN3O5S2/c1-39-22-14-18(13-20(30)25(22)36)24-23(21(35)12-9-16-5-3-2-4-6-16)26(37)27(38)34(24)28-32-33-29(41-28)40-15-17-7-10-19(31)11-8-17/h2-14,24,36-37H,15H2,1H3/b12-9+. The first-order valence-corrected chi connectivity index (χ1v) is 14.7. The monoisotopic (exact) mass is 653 g/mol. The Kier molecular flexibility index (Phi) is 8.52. The Balaban J connectivity index is 1.51. The van der Waals surface area contributed by atoms with Crippen LogP contribution in [0.25, 0.3) is 6.08 Å². The predicted molar refractivity (Wildman–Crippen MR) is 159 cm³/mol. The summed E-state index contributed by atoms with van der Waals surface area (Å²) in [5, 5.41) is 29.9. The lowest BCUT2D eigenvalue weighted by Crippen LogP contribution is -2.31. The van der Waals surface area contributed by atoms with E-state index in [0.29, 0.717) is 15.7 Å². The Morgan fingerprint density at radius 2 is 1.88 bits per heavy atom. The number of aromatic nitrogens is 2. The smallest absolute Gasteiger partial charge is 0.296 e. The van der Waals surface area contributed by atoms with Crippen LogP contribution in [0.3, 0.4) is 0 Å². The molecule has 3 aromatic carbocycles. The Morgan fingerprint density at radius 3 is 2.59 bits per heavy atom. The van der Waals surface area contributed by atoms with Crippen LogP contribution in [0.15, 0.2) is 93.0 Å². The minimum atomic E-state index is -1.09. The van der Waals surface area contributed by atoms with Gasteiger partial charge in [0.2, 0.25) is 5.13 Å². The Bertz CT molecular complexity index is 1680. The number of carbonyl (C=O) groups is 2. The number of aliphatic hydroxyl groups excluding tert-OH is 1. The van der Waals surface area contributed by atoms with Gasteiger partial charge in [-0.2, -0.15) is 0 Å². The van der Waals surface area contributed by atoms with Crippen LogP contribution in [-0.4, -0.2) is 39.2 Å². The quantitative estimate of drug-likeness (QED) is 0.118. The average Bonchev–Trinajstić information content (AvgIpc) is 3.55. The second-order valence-electron chi connectivity index (χ2n) is 8.77. The zero-order valence-corrected chi connectivity index (χ0v) is 24.5. The number of allylic oxidation sites excluding steroid dienone is 1. The van der Waals surface area contributed by atoms with Gasteiger partial charge in [-0.3, -0.25) is 14.5 Å². The van der Waals surface area contributed by atoms with Crippen molar-refractivity contribution in [3.63, 3.8) is 0 Å². The summed E-state index contributed by atoms with van der Waals surface area (Å²) in [5.41, 5.74) is 1.87. The van der Waals surface area contributed by atoms with Gasteiger partial charge in [-0.15, -0.1) is 10.2 Å². The van der Waals surface area contributed by atoms with Gasteiger partial charge in [0, 0.05) is 5.75 Å². The van der Waals surface area contributed by atoms with Crippen LogP contribution < -0.4 is 9.64 Å². The number of nitrogens with zero attached hydrogens (tertiary/aromatic N) is 3. The van der Waals surface area contributed by atoms with E-state index in [0.717, 1.165) is 22.5 Å². The minimum absolute atomic E-state index is 0.104. The van der Waals surface area contributed by atoms with E-state index < -0.39 is 23.5 Å². The molecular weight excluding hydrogens is 633 g/mol. The van der Waals surface area contributed by atoms with E-state index in [4.69, 9.17) is 4.74 Å². The maximum atomic E-state index is 13.5. The number of amides is 1. The van der Waals surface area contributed by atoms with E-state index in [2.05, 4.69) is 26.1 Å². The number of methoxy groups -OCH3 is 1. The van der Waals surface area contributed by atoms with E-state index in [1.165, 1.54) is 48.0 Å². The van der Waals surface area contributed by atoms with Gasteiger partial charge >= 0.3 is 0 Å². The zero-order valence-electron chi connectivity index (χ0n) is 21.3. The molecule has 12 heteroatoms. The van der Waals surface area contributed by atoms with Crippen LogP contribution in [-0.2, 0) is 15.3 Å². The molecule has 208 valence electrons. The average molecular weight is 655 g/mol. The van der Waals surface area contributed by atoms with Crippen molar-refractivity contribution in [3.8, 4) is 11.5 Å². The van der Waals surface area contributed by atoms with E-state index in [1.807, 2.05) is 30.3 Å². The number of ketones is 1. The number of phenols is 1. The lowest BCUT2D eigenvalue weighted by Gasteiger charge is -2.24. The molecule has 8 nitrogen and oxygen atoms in total. The highest BCUT2D eigenvalue weighted by Crippen LogP contribution is 2.46. The summed E-state index contributed by atoms with van der Waals surface area (Å²) in [5.74, 6) is -2.00. The number of aliphatic hydroxyl groups is 1. The number of hydrogen-bond donors (Lipinski definition) is 2. The second-order valence-corrected chi connectivity index (χ2v) is 11.8. The van der Waals surface area contributed by atoms with Gasteiger partial charge in [0.1, 0.15) is 5.82 Å². The van der Waals surface area contributed by atoms with E-state index in [1.54, 1.807) is 24.3 Å². The molecule has 1 amide bonds. The van der Waals surface area contributed by atoms with Crippen LogP contribution in [0, 0.1) is 5.82 Å². The maximum Gasteiger partial charge on any atom is 0.296 e. The number of halogens is 2. The highest BCUT2D eigenvalue weighted by Gasteiger charge is 2.45. The van der Waals surface area contributed by atoms with Gasteiger partial charge in [-0.05, 0) is 63.0 Å². The normalized spacial score (nSPS) is 15.2. The number of phenolic OH excluding ortho intramolecular Hbond substituents is 1. The molecule has 41 heavy (non-hydrogen) atoms. The van der Waals surface area contributed by atoms with Crippen molar-refractivity contribution in [2.24, 2.45) is 0 Å². The van der Waals surface area contributed by atoms with Crippen LogP contribution in [0.1, 0.15) is 22.7 Å². The minimum Gasteiger partial charge on any atom is -0.503 e. The Hall–Kier alpha value is -4.00. The highest BCUT2D eigenvalue weighted by atomic mass is 79.9. The fourth-order valence-electron chi connectivity index (χ4n) is 4.19. The number of aromatic hydroxyl groups is 1. The summed E-state index contributed by atoms with van der Waals surface area (Å²) < 4.78 is 19.3. The molecule has 0 radical (unpaired) electrons. The maximum absolute atomic E-state index is 13.5. The molecule has 2 heterocycles. The fraction of sp³-hybridized carbons (Fsp3) is 0.103. The molecular formula is C29H21BrFN3O5S2. The Morgan fingerprint density at radius 1 is 1.15 bits per heavy atom. The number of hydrogen-bond acceptors (Lipinski definition) is 9. The number of carbonyl (C=O) groups excluding carboxylic acids is 2. The Labute approximate surface area is 250 Å². The molecule has 1 aromatic heterocycles. The first-order chi connectivity index (χ1) is 19.8.